The number of hydrogen-bond acceptors (Lipinski definition) is 8. The summed E-state index contributed by atoms with van der Waals surface area (Å²) in [5, 5.41) is 16.0. The van der Waals surface area contributed by atoms with Crippen LogP contribution in [0.15, 0.2) is 0 Å². The van der Waals surface area contributed by atoms with Crippen LogP contribution in [0.4, 0.5) is 5.00 Å². The van der Waals surface area contributed by atoms with Crippen LogP contribution in [0.3, 0.4) is 0 Å². The molecular weight excluding hydrogens is 372 g/mol. The Morgan fingerprint density at radius 3 is 2.48 bits per heavy atom. The fourth-order valence-electron chi connectivity index (χ4n) is 2.48. The summed E-state index contributed by atoms with van der Waals surface area (Å²) in [6.45, 7) is 8.39. The van der Waals surface area contributed by atoms with Crippen LogP contribution < -0.4 is 5.32 Å². The molecule has 0 aliphatic carbocycles. The number of carbonyl (C=O) groups is 3. The van der Waals surface area contributed by atoms with Crippen molar-refractivity contribution in [1.29, 1.82) is 0 Å². The molecule has 27 heavy (non-hydrogen) atoms. The Morgan fingerprint density at radius 2 is 1.93 bits per heavy atom. The van der Waals surface area contributed by atoms with Crippen molar-refractivity contribution in [2.24, 2.45) is 0 Å². The monoisotopic (exact) mass is 394 g/mol. The quantitative estimate of drug-likeness (QED) is 0.647. The van der Waals surface area contributed by atoms with Crippen LogP contribution in [0.25, 0.3) is 0 Å². The highest BCUT2D eigenvalue weighted by Crippen LogP contribution is 2.34. The zero-order valence-corrected chi connectivity index (χ0v) is 16.5. The number of aromatic nitrogens is 4. The van der Waals surface area contributed by atoms with Crippen LogP contribution >= 0.6 is 11.3 Å². The maximum Gasteiger partial charge on any atom is 0.341 e. The molecule has 0 saturated heterocycles. The van der Waals surface area contributed by atoms with E-state index in [0.717, 1.165) is 11.3 Å². The van der Waals surface area contributed by atoms with E-state index < -0.39 is 11.9 Å². The van der Waals surface area contributed by atoms with Gasteiger partial charge in [-0.05, 0) is 33.3 Å². The number of H-pyrrole nitrogens is 1. The molecule has 2 amide bonds. The van der Waals surface area contributed by atoms with Crippen molar-refractivity contribution in [3.8, 4) is 0 Å². The van der Waals surface area contributed by atoms with Crippen molar-refractivity contribution in [2.45, 2.75) is 34.1 Å². The van der Waals surface area contributed by atoms with E-state index in [1.165, 1.54) is 0 Å². The standard InChI is InChI=1S/C16H22N6O4S/c1-5-22(6-2)15(24)13-9(4)12(16(25)26-7-3)14(27-13)17-11(23)8-10-18-20-21-19-10/h5-8H2,1-4H3,(H,17,23)(H,18,19,20,21). The van der Waals surface area contributed by atoms with E-state index in [4.69, 9.17) is 4.74 Å². The summed E-state index contributed by atoms with van der Waals surface area (Å²) in [5.41, 5.74) is 0.684. The molecule has 11 heteroatoms. The average molecular weight is 394 g/mol. The lowest BCUT2D eigenvalue weighted by Crippen LogP contribution is -2.30. The molecule has 0 unspecified atom stereocenters. The second kappa shape index (κ2) is 9.21. The van der Waals surface area contributed by atoms with Gasteiger partial charge in [0.25, 0.3) is 5.91 Å². The summed E-state index contributed by atoms with van der Waals surface area (Å²) in [6, 6.07) is 0. The van der Waals surface area contributed by atoms with Crippen LogP contribution in [0.5, 0.6) is 0 Å². The molecule has 2 heterocycles. The lowest BCUT2D eigenvalue weighted by molar-refractivity contribution is -0.115. The zero-order valence-electron chi connectivity index (χ0n) is 15.7. The highest BCUT2D eigenvalue weighted by atomic mass is 32.1. The van der Waals surface area contributed by atoms with E-state index in [9.17, 15) is 14.4 Å². The number of carbonyl (C=O) groups excluding carboxylic acids is 3. The van der Waals surface area contributed by atoms with Gasteiger partial charge in [-0.1, -0.05) is 5.21 Å². The normalized spacial score (nSPS) is 10.5. The minimum absolute atomic E-state index is 0.116. The van der Waals surface area contributed by atoms with Gasteiger partial charge in [0.2, 0.25) is 5.91 Å². The Hall–Kier alpha value is -2.82. The minimum Gasteiger partial charge on any atom is -0.462 e. The summed E-state index contributed by atoms with van der Waals surface area (Å²) in [5.74, 6) is -0.977. The van der Waals surface area contributed by atoms with Gasteiger partial charge in [0.05, 0.1) is 23.5 Å². The summed E-state index contributed by atoms with van der Waals surface area (Å²) in [7, 11) is 0. The number of tetrazole rings is 1. The molecule has 0 aromatic carbocycles. The third kappa shape index (κ3) is 4.67. The van der Waals surface area contributed by atoms with Crippen LogP contribution in [-0.2, 0) is 16.0 Å². The molecular formula is C16H22N6O4S. The fraction of sp³-hybridized carbons (Fsp3) is 0.500. The molecule has 0 fully saturated rings. The van der Waals surface area contributed by atoms with Crippen molar-refractivity contribution in [3.63, 3.8) is 0 Å². The maximum absolute atomic E-state index is 12.8. The first kappa shape index (κ1) is 20.5. The first-order valence-electron chi connectivity index (χ1n) is 8.54. The van der Waals surface area contributed by atoms with Crippen molar-refractivity contribution in [3.05, 3.63) is 21.8 Å². The van der Waals surface area contributed by atoms with E-state index >= 15 is 0 Å². The molecule has 0 radical (unpaired) electrons. The Balaban J connectivity index is 2.35. The second-order valence-corrected chi connectivity index (χ2v) is 6.53. The van der Waals surface area contributed by atoms with E-state index in [0.29, 0.717) is 23.5 Å². The van der Waals surface area contributed by atoms with Crippen molar-refractivity contribution < 1.29 is 19.1 Å². The first-order chi connectivity index (χ1) is 12.9. The molecule has 2 aromatic heterocycles. The molecule has 2 rings (SSSR count). The Bertz CT molecular complexity index is 813. The number of amides is 2. The van der Waals surface area contributed by atoms with E-state index in [2.05, 4.69) is 25.9 Å². The van der Waals surface area contributed by atoms with Gasteiger partial charge in [0.15, 0.2) is 5.82 Å². The highest BCUT2D eigenvalue weighted by molar-refractivity contribution is 7.18. The van der Waals surface area contributed by atoms with Gasteiger partial charge < -0.3 is 15.0 Å². The Labute approximate surface area is 160 Å². The zero-order chi connectivity index (χ0) is 20.0. The Kier molecular flexibility index (Phi) is 6.99. The maximum atomic E-state index is 12.8. The smallest absolute Gasteiger partial charge is 0.341 e. The molecule has 0 saturated carbocycles. The topological polar surface area (TPSA) is 130 Å². The van der Waals surface area contributed by atoms with Gasteiger partial charge in [-0.3, -0.25) is 9.59 Å². The van der Waals surface area contributed by atoms with Gasteiger partial charge in [-0.15, -0.1) is 21.5 Å². The van der Waals surface area contributed by atoms with Gasteiger partial charge in [-0.2, -0.15) is 5.21 Å². The lowest BCUT2D eigenvalue weighted by Gasteiger charge is -2.18. The minimum atomic E-state index is -0.584. The number of hydrogen-bond donors (Lipinski definition) is 2. The number of rotatable bonds is 8. The molecule has 10 nitrogen and oxygen atoms in total. The second-order valence-electron chi connectivity index (χ2n) is 5.51. The van der Waals surface area contributed by atoms with Crippen molar-refractivity contribution in [1.82, 2.24) is 25.5 Å². The average Bonchev–Trinajstić information content (AvgIpc) is 3.24. The largest absolute Gasteiger partial charge is 0.462 e. The summed E-state index contributed by atoms with van der Waals surface area (Å²) < 4.78 is 5.09. The number of nitrogens with one attached hydrogen (secondary N) is 2. The molecule has 0 spiro atoms. The summed E-state index contributed by atoms with van der Waals surface area (Å²) >= 11 is 1.06. The van der Waals surface area contributed by atoms with Crippen LogP contribution in [0, 0.1) is 6.92 Å². The number of anilines is 1. The van der Waals surface area contributed by atoms with E-state index in [1.807, 2.05) is 13.8 Å². The van der Waals surface area contributed by atoms with Gasteiger partial charge in [0.1, 0.15) is 5.00 Å². The molecule has 0 aliphatic rings. The summed E-state index contributed by atoms with van der Waals surface area (Å²) in [6.07, 6.45) is -0.116. The third-order valence-electron chi connectivity index (χ3n) is 3.83. The number of thiophene rings is 1. The molecule has 2 aromatic rings. The highest BCUT2D eigenvalue weighted by Gasteiger charge is 2.28. The predicted molar refractivity (Wildman–Crippen MR) is 98.8 cm³/mol. The number of aromatic amines is 1. The Morgan fingerprint density at radius 1 is 1.22 bits per heavy atom. The third-order valence-corrected chi connectivity index (χ3v) is 5.03. The summed E-state index contributed by atoms with van der Waals surface area (Å²) in [4.78, 5) is 39.5. The van der Waals surface area contributed by atoms with Crippen LogP contribution in [0.2, 0.25) is 0 Å². The van der Waals surface area contributed by atoms with E-state index in [1.54, 1.807) is 18.7 Å². The SMILES string of the molecule is CCOC(=O)c1c(NC(=O)Cc2nn[nH]n2)sc(C(=O)N(CC)CC)c1C. The molecule has 146 valence electrons. The van der Waals surface area contributed by atoms with Crippen LogP contribution in [0.1, 0.15) is 52.2 Å². The van der Waals surface area contributed by atoms with Gasteiger partial charge in [0, 0.05) is 13.1 Å². The molecule has 2 N–H and O–H groups in total. The van der Waals surface area contributed by atoms with E-state index in [-0.39, 0.29) is 35.3 Å². The lowest BCUT2D eigenvalue weighted by atomic mass is 10.1. The number of ether oxygens (including phenoxy) is 1. The number of esters is 1. The van der Waals surface area contributed by atoms with Crippen molar-refractivity contribution in [2.75, 3.05) is 25.0 Å². The molecule has 0 atom stereocenters. The van der Waals surface area contributed by atoms with Gasteiger partial charge in [-0.25, -0.2) is 4.79 Å². The molecule has 0 bridgehead atoms. The molecule has 0 aliphatic heterocycles. The van der Waals surface area contributed by atoms with Crippen LogP contribution in [-0.4, -0.2) is 63.0 Å². The number of nitrogens with zero attached hydrogens (tertiary/aromatic N) is 4. The van der Waals surface area contributed by atoms with Gasteiger partial charge >= 0.3 is 5.97 Å². The van der Waals surface area contributed by atoms with Crippen molar-refractivity contribution >= 4 is 34.1 Å². The first-order valence-corrected chi connectivity index (χ1v) is 9.36. The predicted octanol–water partition coefficient (Wildman–Crippen LogP) is 1.41. The fourth-order valence-corrected chi connectivity index (χ4v) is 3.66.